The number of hydrogen-bond acceptors (Lipinski definition) is 4. The Morgan fingerprint density at radius 2 is 1.79 bits per heavy atom. The number of aryl methyl sites for hydroxylation is 3. The molecule has 2 aromatic rings. The van der Waals surface area contributed by atoms with Crippen molar-refractivity contribution < 1.29 is 0 Å². The van der Waals surface area contributed by atoms with Gasteiger partial charge in [0.15, 0.2) is 5.82 Å². The molecule has 1 N–H and O–H groups in total. The van der Waals surface area contributed by atoms with E-state index in [1.807, 2.05) is 0 Å². The Balaban J connectivity index is 2.29. The van der Waals surface area contributed by atoms with Crippen LogP contribution in [0.4, 0.5) is 0 Å². The molecule has 0 saturated carbocycles. The zero-order valence-electron chi connectivity index (χ0n) is 12.1. The number of rotatable bonds is 5. The fraction of sp³-hybridized carbons (Fsp3) is 0.467. The van der Waals surface area contributed by atoms with Crippen molar-refractivity contribution in [1.29, 1.82) is 0 Å². The molecule has 0 aliphatic carbocycles. The number of nitrogens with zero attached hydrogens (tertiary/aromatic N) is 2. The molecule has 2 heterocycles. The van der Waals surface area contributed by atoms with Gasteiger partial charge >= 0.3 is 0 Å². The number of nitrogens with one attached hydrogen (secondary N) is 1. The molecule has 0 saturated heterocycles. The molecule has 19 heavy (non-hydrogen) atoms. The molecule has 2 aromatic heterocycles. The zero-order chi connectivity index (χ0) is 13.8. The third kappa shape index (κ3) is 3.19. The molecular formula is C15H21N3S. The standard InChI is InChI=1S/C15H21N3S/c1-5-16-7-6-13-11(3)17-15(18-12(13)4)14-9-19-8-10(14)2/h8-9,16H,5-7H2,1-4H3. The molecule has 0 spiro atoms. The van der Waals surface area contributed by atoms with Crippen LogP contribution in [0.1, 0.15) is 29.4 Å². The molecule has 2 rings (SSSR count). The lowest BCUT2D eigenvalue weighted by atomic mass is 10.1. The van der Waals surface area contributed by atoms with Crippen LogP contribution in [-0.4, -0.2) is 23.1 Å². The Hall–Kier alpha value is -1.26. The lowest BCUT2D eigenvalue weighted by molar-refractivity contribution is 0.708. The molecule has 0 fully saturated rings. The topological polar surface area (TPSA) is 37.8 Å². The molecule has 4 heteroatoms. The first-order chi connectivity index (χ1) is 9.13. The molecule has 0 aliphatic heterocycles. The summed E-state index contributed by atoms with van der Waals surface area (Å²) >= 11 is 1.70. The normalized spacial score (nSPS) is 10.9. The van der Waals surface area contributed by atoms with Crippen LogP contribution in [0.25, 0.3) is 11.4 Å². The first kappa shape index (κ1) is 14.2. The summed E-state index contributed by atoms with van der Waals surface area (Å²) in [5.74, 6) is 0.862. The Morgan fingerprint density at radius 1 is 1.11 bits per heavy atom. The Bertz CT molecular complexity index is 537. The van der Waals surface area contributed by atoms with Gasteiger partial charge in [0.05, 0.1) is 0 Å². The van der Waals surface area contributed by atoms with Gasteiger partial charge in [-0.2, -0.15) is 11.3 Å². The maximum absolute atomic E-state index is 4.68. The summed E-state index contributed by atoms with van der Waals surface area (Å²) in [6.45, 7) is 10.4. The molecule has 0 amide bonds. The van der Waals surface area contributed by atoms with Crippen LogP contribution in [0.5, 0.6) is 0 Å². The van der Waals surface area contributed by atoms with Gasteiger partial charge in [-0.25, -0.2) is 9.97 Å². The van der Waals surface area contributed by atoms with Crippen LogP contribution in [0.3, 0.4) is 0 Å². The van der Waals surface area contributed by atoms with Crippen LogP contribution in [0.15, 0.2) is 10.8 Å². The van der Waals surface area contributed by atoms with Gasteiger partial charge in [-0.1, -0.05) is 6.92 Å². The molecule has 0 aromatic carbocycles. The maximum Gasteiger partial charge on any atom is 0.160 e. The van der Waals surface area contributed by atoms with Crippen LogP contribution < -0.4 is 5.32 Å². The molecule has 0 bridgehead atoms. The zero-order valence-corrected chi connectivity index (χ0v) is 12.9. The minimum Gasteiger partial charge on any atom is -0.317 e. The van der Waals surface area contributed by atoms with Gasteiger partial charge in [0, 0.05) is 22.3 Å². The summed E-state index contributed by atoms with van der Waals surface area (Å²) in [6.07, 6.45) is 0.994. The van der Waals surface area contributed by atoms with Crippen molar-refractivity contribution in [3.8, 4) is 11.4 Å². The van der Waals surface area contributed by atoms with Gasteiger partial charge in [-0.05, 0) is 56.8 Å². The second kappa shape index (κ2) is 6.26. The fourth-order valence-electron chi connectivity index (χ4n) is 2.20. The Kier molecular flexibility index (Phi) is 4.66. The van der Waals surface area contributed by atoms with Gasteiger partial charge in [0.2, 0.25) is 0 Å². The van der Waals surface area contributed by atoms with Crippen molar-refractivity contribution >= 4 is 11.3 Å². The second-order valence-electron chi connectivity index (χ2n) is 4.77. The average Bonchev–Trinajstić information content (AvgIpc) is 2.79. The smallest absolute Gasteiger partial charge is 0.160 e. The van der Waals surface area contributed by atoms with E-state index in [1.165, 1.54) is 11.1 Å². The third-order valence-electron chi connectivity index (χ3n) is 3.32. The number of hydrogen-bond donors (Lipinski definition) is 1. The highest BCUT2D eigenvalue weighted by Crippen LogP contribution is 2.25. The summed E-state index contributed by atoms with van der Waals surface area (Å²) in [7, 11) is 0. The highest BCUT2D eigenvalue weighted by atomic mass is 32.1. The van der Waals surface area contributed by atoms with Crippen molar-refractivity contribution in [2.75, 3.05) is 13.1 Å². The summed E-state index contributed by atoms with van der Waals surface area (Å²) in [5.41, 5.74) is 5.90. The van der Waals surface area contributed by atoms with Crippen LogP contribution >= 0.6 is 11.3 Å². The summed E-state index contributed by atoms with van der Waals surface area (Å²) in [6, 6.07) is 0. The van der Waals surface area contributed by atoms with Gasteiger partial charge < -0.3 is 5.32 Å². The van der Waals surface area contributed by atoms with Crippen molar-refractivity contribution in [2.24, 2.45) is 0 Å². The summed E-state index contributed by atoms with van der Waals surface area (Å²) in [5, 5.41) is 7.62. The summed E-state index contributed by atoms with van der Waals surface area (Å²) in [4.78, 5) is 9.37. The first-order valence-electron chi connectivity index (χ1n) is 6.71. The number of likely N-dealkylation sites (N-methyl/N-ethyl adjacent to an activating group) is 1. The highest BCUT2D eigenvalue weighted by Gasteiger charge is 2.11. The van der Waals surface area contributed by atoms with E-state index in [0.717, 1.165) is 42.3 Å². The molecule has 0 radical (unpaired) electrons. The minimum atomic E-state index is 0.862. The molecule has 102 valence electrons. The quantitative estimate of drug-likeness (QED) is 0.851. The number of thiophene rings is 1. The molecule has 3 nitrogen and oxygen atoms in total. The van der Waals surface area contributed by atoms with Gasteiger partial charge in [-0.15, -0.1) is 0 Å². The minimum absolute atomic E-state index is 0.862. The SMILES string of the molecule is CCNCCc1c(C)nc(-c2cscc2C)nc1C. The third-order valence-corrected chi connectivity index (χ3v) is 4.18. The molecule has 0 aliphatic rings. The highest BCUT2D eigenvalue weighted by molar-refractivity contribution is 7.08. The van der Waals surface area contributed by atoms with E-state index < -0.39 is 0 Å². The Morgan fingerprint density at radius 3 is 2.32 bits per heavy atom. The van der Waals surface area contributed by atoms with Gasteiger partial charge in [0.25, 0.3) is 0 Å². The first-order valence-corrected chi connectivity index (χ1v) is 7.65. The van der Waals surface area contributed by atoms with Crippen LogP contribution in [0.2, 0.25) is 0 Å². The molecule has 0 unspecified atom stereocenters. The number of aromatic nitrogens is 2. The van der Waals surface area contributed by atoms with E-state index in [9.17, 15) is 0 Å². The van der Waals surface area contributed by atoms with Gasteiger partial charge in [0.1, 0.15) is 0 Å². The van der Waals surface area contributed by atoms with Crippen molar-refractivity contribution in [3.05, 3.63) is 33.3 Å². The van der Waals surface area contributed by atoms with E-state index in [0.29, 0.717) is 0 Å². The lowest BCUT2D eigenvalue weighted by Gasteiger charge is -2.11. The van der Waals surface area contributed by atoms with Gasteiger partial charge in [-0.3, -0.25) is 0 Å². The van der Waals surface area contributed by atoms with E-state index in [4.69, 9.17) is 0 Å². The van der Waals surface area contributed by atoms with Crippen LogP contribution in [0, 0.1) is 20.8 Å². The summed E-state index contributed by atoms with van der Waals surface area (Å²) < 4.78 is 0. The van der Waals surface area contributed by atoms with Crippen molar-refractivity contribution in [1.82, 2.24) is 15.3 Å². The second-order valence-corrected chi connectivity index (χ2v) is 5.51. The Labute approximate surface area is 119 Å². The van der Waals surface area contributed by atoms with Crippen molar-refractivity contribution in [2.45, 2.75) is 34.1 Å². The van der Waals surface area contributed by atoms with E-state index in [1.54, 1.807) is 11.3 Å². The van der Waals surface area contributed by atoms with Crippen molar-refractivity contribution in [3.63, 3.8) is 0 Å². The monoisotopic (exact) mass is 275 g/mol. The fourth-order valence-corrected chi connectivity index (χ4v) is 3.03. The predicted molar refractivity (Wildman–Crippen MR) is 81.8 cm³/mol. The van der Waals surface area contributed by atoms with Crippen LogP contribution in [-0.2, 0) is 6.42 Å². The largest absolute Gasteiger partial charge is 0.317 e. The van der Waals surface area contributed by atoms with E-state index in [2.05, 4.69) is 53.7 Å². The predicted octanol–water partition coefficient (Wildman–Crippen LogP) is 3.28. The lowest BCUT2D eigenvalue weighted by Crippen LogP contribution is -2.17. The molecule has 0 atom stereocenters. The maximum atomic E-state index is 4.68. The average molecular weight is 275 g/mol. The van der Waals surface area contributed by atoms with E-state index >= 15 is 0 Å². The van der Waals surface area contributed by atoms with E-state index in [-0.39, 0.29) is 0 Å². The molecular weight excluding hydrogens is 254 g/mol.